The van der Waals surface area contributed by atoms with Crippen LogP contribution in [-0.2, 0) is 10.8 Å². The summed E-state index contributed by atoms with van der Waals surface area (Å²) in [5, 5.41) is 19.0. The largest absolute Gasteiger partial charge is 0.478 e. The van der Waals surface area contributed by atoms with Gasteiger partial charge in [0.25, 0.3) is 0 Å². The van der Waals surface area contributed by atoms with Crippen LogP contribution in [0, 0.1) is 6.92 Å². The van der Waals surface area contributed by atoms with Crippen molar-refractivity contribution in [1.29, 1.82) is 0 Å². The van der Waals surface area contributed by atoms with Crippen molar-refractivity contribution < 1.29 is 19.8 Å². The highest BCUT2D eigenvalue weighted by molar-refractivity contribution is 6.00. The molecule has 4 heteroatoms. The maximum absolute atomic E-state index is 11.9. The number of rotatable bonds is 3. The van der Waals surface area contributed by atoms with E-state index in [9.17, 15) is 19.8 Å². The van der Waals surface area contributed by atoms with E-state index in [0.29, 0.717) is 11.1 Å². The highest BCUT2D eigenvalue weighted by atomic mass is 16.4. The Morgan fingerprint density at radius 3 is 1.52 bits per heavy atom. The number of hydrogen-bond donors (Lipinski definition) is 2. The predicted octanol–water partition coefficient (Wildman–Crippen LogP) is 5.65. The van der Waals surface area contributed by atoms with Crippen LogP contribution in [0.2, 0.25) is 0 Å². The lowest BCUT2D eigenvalue weighted by Crippen LogP contribution is -2.17. The molecule has 0 aliphatic rings. The number of carboxylic acids is 2. The molecule has 0 atom stereocenters. The Morgan fingerprint density at radius 1 is 0.704 bits per heavy atom. The van der Waals surface area contributed by atoms with Crippen molar-refractivity contribution in [3.05, 3.63) is 58.1 Å². The minimum absolute atomic E-state index is 0.00363. The third-order valence-electron chi connectivity index (χ3n) is 4.80. The van der Waals surface area contributed by atoms with Crippen LogP contribution in [0.5, 0.6) is 0 Å². The molecule has 0 saturated carbocycles. The van der Waals surface area contributed by atoms with E-state index in [1.54, 1.807) is 13.0 Å². The topological polar surface area (TPSA) is 74.6 Å². The second-order valence-electron chi connectivity index (χ2n) is 9.12. The first kappa shape index (κ1) is 20.7. The Morgan fingerprint density at radius 2 is 1.15 bits per heavy atom. The van der Waals surface area contributed by atoms with Crippen molar-refractivity contribution in [2.75, 3.05) is 0 Å². The van der Waals surface area contributed by atoms with E-state index in [1.165, 1.54) is 6.07 Å². The van der Waals surface area contributed by atoms with Gasteiger partial charge in [-0.05, 0) is 57.7 Å². The summed E-state index contributed by atoms with van der Waals surface area (Å²) in [6.07, 6.45) is 0. The smallest absolute Gasteiger partial charge is 0.336 e. The van der Waals surface area contributed by atoms with Crippen LogP contribution in [0.1, 0.15) is 78.9 Å². The first-order chi connectivity index (χ1) is 12.2. The van der Waals surface area contributed by atoms with E-state index >= 15 is 0 Å². The zero-order valence-electron chi connectivity index (χ0n) is 17.1. The fourth-order valence-corrected chi connectivity index (χ4v) is 3.00. The zero-order chi connectivity index (χ0) is 20.7. The van der Waals surface area contributed by atoms with Crippen molar-refractivity contribution in [3.8, 4) is 11.1 Å². The van der Waals surface area contributed by atoms with E-state index in [2.05, 4.69) is 47.6 Å². The average molecular weight is 368 g/mol. The molecule has 2 aromatic carbocycles. The number of hydrogen-bond acceptors (Lipinski definition) is 2. The van der Waals surface area contributed by atoms with Gasteiger partial charge in [0.15, 0.2) is 0 Å². The molecule has 2 rings (SSSR count). The van der Waals surface area contributed by atoms with Crippen LogP contribution in [0.3, 0.4) is 0 Å². The normalized spacial score (nSPS) is 12.1. The Labute approximate surface area is 160 Å². The van der Waals surface area contributed by atoms with Crippen LogP contribution in [-0.4, -0.2) is 22.2 Å². The molecule has 0 radical (unpaired) electrons. The number of benzene rings is 2. The summed E-state index contributed by atoms with van der Waals surface area (Å²) in [6, 6.07) is 9.12. The molecule has 0 amide bonds. The average Bonchev–Trinajstić information content (AvgIpc) is 2.51. The SMILES string of the molecule is Cc1cc(-c2cc(C(C)(C)C)cc(C(C)(C)C)c2)c(C(=O)O)cc1C(=O)O. The van der Waals surface area contributed by atoms with Gasteiger partial charge in [0.05, 0.1) is 11.1 Å². The maximum Gasteiger partial charge on any atom is 0.336 e. The van der Waals surface area contributed by atoms with E-state index < -0.39 is 11.9 Å². The minimum Gasteiger partial charge on any atom is -0.478 e. The van der Waals surface area contributed by atoms with Gasteiger partial charge in [-0.3, -0.25) is 0 Å². The molecule has 2 N–H and O–H groups in total. The number of aromatic carboxylic acids is 2. The maximum atomic E-state index is 11.9. The summed E-state index contributed by atoms with van der Waals surface area (Å²) in [6.45, 7) is 14.4. The standard InChI is InChI=1S/C23H28O4/c1-13-8-18(19(21(26)27)12-17(13)20(24)25)14-9-15(22(2,3)4)11-16(10-14)23(5,6)7/h8-12H,1-7H3,(H,24,25)(H,26,27). The second kappa shape index (κ2) is 6.84. The fourth-order valence-electron chi connectivity index (χ4n) is 3.00. The number of aryl methyl sites for hydroxylation is 1. The van der Waals surface area contributed by atoms with E-state index in [4.69, 9.17) is 0 Å². The highest BCUT2D eigenvalue weighted by Crippen LogP contribution is 2.36. The van der Waals surface area contributed by atoms with Gasteiger partial charge in [0.2, 0.25) is 0 Å². The summed E-state index contributed by atoms with van der Waals surface area (Å²) in [7, 11) is 0. The monoisotopic (exact) mass is 368 g/mol. The fraction of sp³-hybridized carbons (Fsp3) is 0.391. The summed E-state index contributed by atoms with van der Waals surface area (Å²) < 4.78 is 0. The lowest BCUT2D eigenvalue weighted by atomic mass is 9.78. The highest BCUT2D eigenvalue weighted by Gasteiger charge is 2.23. The Kier molecular flexibility index (Phi) is 5.24. The summed E-state index contributed by atoms with van der Waals surface area (Å²) in [5.74, 6) is -2.26. The van der Waals surface area contributed by atoms with Crippen molar-refractivity contribution in [2.45, 2.75) is 59.3 Å². The molecule has 0 aromatic heterocycles. The molecule has 0 unspecified atom stereocenters. The van der Waals surface area contributed by atoms with Crippen molar-refractivity contribution in [3.63, 3.8) is 0 Å². The quantitative estimate of drug-likeness (QED) is 0.734. The van der Waals surface area contributed by atoms with Crippen LogP contribution >= 0.6 is 0 Å². The van der Waals surface area contributed by atoms with Crippen molar-refractivity contribution in [2.24, 2.45) is 0 Å². The van der Waals surface area contributed by atoms with Crippen LogP contribution in [0.15, 0.2) is 30.3 Å². The Bertz CT molecular complexity index is 877. The van der Waals surface area contributed by atoms with Gasteiger partial charge in [-0.1, -0.05) is 59.7 Å². The zero-order valence-corrected chi connectivity index (χ0v) is 17.1. The molecule has 0 heterocycles. The summed E-state index contributed by atoms with van der Waals surface area (Å²) >= 11 is 0. The molecule has 0 bridgehead atoms. The van der Waals surface area contributed by atoms with Crippen molar-refractivity contribution >= 4 is 11.9 Å². The second-order valence-corrected chi connectivity index (χ2v) is 9.12. The van der Waals surface area contributed by atoms with Gasteiger partial charge >= 0.3 is 11.9 Å². The van der Waals surface area contributed by atoms with E-state index in [1.807, 2.05) is 12.1 Å². The van der Waals surface area contributed by atoms with Crippen molar-refractivity contribution in [1.82, 2.24) is 0 Å². The molecule has 2 aromatic rings. The first-order valence-corrected chi connectivity index (χ1v) is 8.99. The molecular formula is C23H28O4. The van der Waals surface area contributed by atoms with Gasteiger partial charge < -0.3 is 10.2 Å². The van der Waals surface area contributed by atoms with Gasteiger partial charge in [-0.2, -0.15) is 0 Å². The molecule has 0 saturated heterocycles. The van der Waals surface area contributed by atoms with E-state index in [0.717, 1.165) is 16.7 Å². The number of carboxylic acid groups (broad SMARTS) is 2. The molecule has 144 valence electrons. The van der Waals surface area contributed by atoms with E-state index in [-0.39, 0.29) is 22.0 Å². The van der Waals surface area contributed by atoms with Crippen LogP contribution in [0.25, 0.3) is 11.1 Å². The Hall–Kier alpha value is -2.62. The first-order valence-electron chi connectivity index (χ1n) is 8.99. The lowest BCUT2D eigenvalue weighted by Gasteiger charge is -2.26. The van der Waals surface area contributed by atoms with Gasteiger partial charge in [-0.15, -0.1) is 0 Å². The molecule has 0 fully saturated rings. The minimum atomic E-state index is -1.13. The number of carbonyl (C=O) groups is 2. The van der Waals surface area contributed by atoms with Crippen LogP contribution in [0.4, 0.5) is 0 Å². The molecule has 0 spiro atoms. The molecular weight excluding hydrogens is 340 g/mol. The molecule has 27 heavy (non-hydrogen) atoms. The Balaban J connectivity index is 2.86. The predicted molar refractivity (Wildman–Crippen MR) is 108 cm³/mol. The van der Waals surface area contributed by atoms with Gasteiger partial charge in [0, 0.05) is 0 Å². The third-order valence-corrected chi connectivity index (χ3v) is 4.80. The van der Waals surface area contributed by atoms with Gasteiger partial charge in [0.1, 0.15) is 0 Å². The third kappa shape index (κ3) is 4.38. The van der Waals surface area contributed by atoms with Crippen LogP contribution < -0.4 is 0 Å². The lowest BCUT2D eigenvalue weighted by molar-refractivity contribution is 0.0695. The van der Waals surface area contributed by atoms with Gasteiger partial charge in [-0.25, -0.2) is 9.59 Å². The summed E-state index contributed by atoms with van der Waals surface area (Å²) in [4.78, 5) is 23.3. The molecule has 0 aliphatic heterocycles. The summed E-state index contributed by atoms with van der Waals surface area (Å²) in [5.41, 5.74) is 3.92. The molecule has 0 aliphatic carbocycles. The molecule has 4 nitrogen and oxygen atoms in total.